The summed E-state index contributed by atoms with van der Waals surface area (Å²) >= 11 is 0. The number of nitrogens with two attached hydrogens (primary N) is 1. The second kappa shape index (κ2) is 5.51. The summed E-state index contributed by atoms with van der Waals surface area (Å²) < 4.78 is 0. The zero-order valence-electron chi connectivity index (χ0n) is 10.1. The van der Waals surface area contributed by atoms with Gasteiger partial charge in [-0.15, -0.1) is 0 Å². The molecule has 2 aromatic carbocycles. The molecule has 3 N–H and O–H groups in total. The highest BCUT2D eigenvalue weighted by Gasteiger charge is 2.01. The molecular formula is C15H18N2. The van der Waals surface area contributed by atoms with Crippen molar-refractivity contribution in [1.82, 2.24) is 0 Å². The van der Waals surface area contributed by atoms with Crippen LogP contribution in [-0.2, 0) is 0 Å². The van der Waals surface area contributed by atoms with Crippen molar-refractivity contribution in [1.29, 1.82) is 0 Å². The van der Waals surface area contributed by atoms with E-state index in [0.29, 0.717) is 6.54 Å². The van der Waals surface area contributed by atoms with Crippen LogP contribution in [0.2, 0.25) is 0 Å². The maximum absolute atomic E-state index is 5.48. The van der Waals surface area contributed by atoms with E-state index in [4.69, 9.17) is 5.73 Å². The van der Waals surface area contributed by atoms with Crippen molar-refractivity contribution in [2.24, 2.45) is 5.73 Å². The summed E-state index contributed by atoms with van der Waals surface area (Å²) in [5.74, 6) is 0. The van der Waals surface area contributed by atoms with Gasteiger partial charge in [0.05, 0.1) is 0 Å². The first kappa shape index (κ1) is 11.7. The lowest BCUT2D eigenvalue weighted by atomic mass is 10.0. The van der Waals surface area contributed by atoms with Crippen LogP contribution in [0.4, 0.5) is 5.69 Å². The van der Waals surface area contributed by atoms with E-state index in [1.54, 1.807) is 0 Å². The summed E-state index contributed by atoms with van der Waals surface area (Å²) in [6, 6.07) is 16.9. The standard InChI is InChI=1S/C15H18N2/c1-12-11-14(13-5-3-2-4-6-13)7-8-15(12)17-10-9-16/h2-8,11,17H,9-10,16H2,1H3. The number of rotatable bonds is 4. The molecule has 0 aromatic heterocycles. The third-order valence-electron chi connectivity index (χ3n) is 2.79. The van der Waals surface area contributed by atoms with E-state index < -0.39 is 0 Å². The molecule has 0 saturated heterocycles. The summed E-state index contributed by atoms with van der Waals surface area (Å²) in [6.07, 6.45) is 0. The van der Waals surface area contributed by atoms with Gasteiger partial charge < -0.3 is 11.1 Å². The lowest BCUT2D eigenvalue weighted by Crippen LogP contribution is -2.13. The summed E-state index contributed by atoms with van der Waals surface area (Å²) in [4.78, 5) is 0. The number of hydrogen-bond donors (Lipinski definition) is 2. The van der Waals surface area contributed by atoms with Crippen molar-refractivity contribution in [2.45, 2.75) is 6.92 Å². The maximum Gasteiger partial charge on any atom is 0.0370 e. The van der Waals surface area contributed by atoms with Gasteiger partial charge in [-0.1, -0.05) is 36.4 Å². The minimum Gasteiger partial charge on any atom is -0.384 e. The van der Waals surface area contributed by atoms with Gasteiger partial charge >= 0.3 is 0 Å². The monoisotopic (exact) mass is 226 g/mol. The third-order valence-corrected chi connectivity index (χ3v) is 2.79. The van der Waals surface area contributed by atoms with Crippen molar-refractivity contribution in [3.63, 3.8) is 0 Å². The second-order valence-electron chi connectivity index (χ2n) is 4.11. The normalized spacial score (nSPS) is 10.2. The van der Waals surface area contributed by atoms with Gasteiger partial charge in [0.25, 0.3) is 0 Å². The number of anilines is 1. The molecule has 0 bridgehead atoms. The highest BCUT2D eigenvalue weighted by Crippen LogP contribution is 2.24. The molecule has 0 aliphatic carbocycles. The Morgan fingerprint density at radius 2 is 1.76 bits per heavy atom. The molecule has 0 atom stereocenters. The molecule has 0 aliphatic heterocycles. The Hall–Kier alpha value is -1.80. The predicted octanol–water partition coefficient (Wildman–Crippen LogP) is 3.03. The van der Waals surface area contributed by atoms with E-state index in [1.807, 2.05) is 6.07 Å². The first-order valence-corrected chi connectivity index (χ1v) is 5.91. The molecule has 0 aliphatic rings. The summed E-state index contributed by atoms with van der Waals surface area (Å²) in [7, 11) is 0. The van der Waals surface area contributed by atoms with Gasteiger partial charge in [-0.3, -0.25) is 0 Å². The Morgan fingerprint density at radius 3 is 2.41 bits per heavy atom. The van der Waals surface area contributed by atoms with Crippen LogP contribution in [0.5, 0.6) is 0 Å². The molecule has 2 heteroatoms. The topological polar surface area (TPSA) is 38.0 Å². The quantitative estimate of drug-likeness (QED) is 0.841. The zero-order chi connectivity index (χ0) is 12.1. The third kappa shape index (κ3) is 2.86. The van der Waals surface area contributed by atoms with Crippen LogP contribution in [0.25, 0.3) is 11.1 Å². The largest absolute Gasteiger partial charge is 0.384 e. The predicted molar refractivity (Wildman–Crippen MR) is 74.2 cm³/mol. The smallest absolute Gasteiger partial charge is 0.0370 e. The molecular weight excluding hydrogens is 208 g/mol. The van der Waals surface area contributed by atoms with Crippen LogP contribution in [0, 0.1) is 6.92 Å². The molecule has 2 aromatic rings. The fourth-order valence-electron chi connectivity index (χ4n) is 1.88. The van der Waals surface area contributed by atoms with Crippen LogP contribution in [-0.4, -0.2) is 13.1 Å². The van der Waals surface area contributed by atoms with Crippen LogP contribution in [0.3, 0.4) is 0 Å². The Kier molecular flexibility index (Phi) is 3.78. The van der Waals surface area contributed by atoms with E-state index in [9.17, 15) is 0 Å². The van der Waals surface area contributed by atoms with Crippen LogP contribution in [0.15, 0.2) is 48.5 Å². The Labute approximate surface area is 102 Å². The minimum atomic E-state index is 0.653. The van der Waals surface area contributed by atoms with Gasteiger partial charge in [0, 0.05) is 18.8 Å². The molecule has 0 spiro atoms. The molecule has 0 saturated carbocycles. The van der Waals surface area contributed by atoms with Crippen molar-refractivity contribution in [3.05, 3.63) is 54.1 Å². The van der Waals surface area contributed by atoms with E-state index in [-0.39, 0.29) is 0 Å². The summed E-state index contributed by atoms with van der Waals surface area (Å²) in [5.41, 5.74) is 10.4. The molecule has 17 heavy (non-hydrogen) atoms. The van der Waals surface area contributed by atoms with E-state index in [1.165, 1.54) is 16.7 Å². The fourth-order valence-corrected chi connectivity index (χ4v) is 1.88. The van der Waals surface area contributed by atoms with Crippen molar-refractivity contribution >= 4 is 5.69 Å². The second-order valence-corrected chi connectivity index (χ2v) is 4.11. The van der Waals surface area contributed by atoms with Crippen LogP contribution in [0.1, 0.15) is 5.56 Å². The van der Waals surface area contributed by atoms with Crippen LogP contribution >= 0.6 is 0 Å². The van der Waals surface area contributed by atoms with E-state index in [0.717, 1.165) is 12.2 Å². The van der Waals surface area contributed by atoms with Crippen molar-refractivity contribution in [2.75, 3.05) is 18.4 Å². The molecule has 0 amide bonds. The highest BCUT2D eigenvalue weighted by atomic mass is 14.9. The Morgan fingerprint density at radius 1 is 1.00 bits per heavy atom. The van der Waals surface area contributed by atoms with Gasteiger partial charge in [0.15, 0.2) is 0 Å². The summed E-state index contributed by atoms with van der Waals surface area (Å²) in [5, 5.41) is 3.32. The van der Waals surface area contributed by atoms with Crippen LogP contribution < -0.4 is 11.1 Å². The van der Waals surface area contributed by atoms with E-state index in [2.05, 4.69) is 54.7 Å². The molecule has 0 radical (unpaired) electrons. The minimum absolute atomic E-state index is 0.653. The number of aryl methyl sites for hydroxylation is 1. The maximum atomic E-state index is 5.48. The Bertz CT molecular complexity index is 478. The molecule has 88 valence electrons. The zero-order valence-corrected chi connectivity index (χ0v) is 10.1. The molecule has 0 fully saturated rings. The van der Waals surface area contributed by atoms with Gasteiger partial charge in [0.2, 0.25) is 0 Å². The average Bonchev–Trinajstić information content (AvgIpc) is 2.38. The number of hydrogen-bond acceptors (Lipinski definition) is 2. The fraction of sp³-hybridized carbons (Fsp3) is 0.200. The SMILES string of the molecule is Cc1cc(-c2ccccc2)ccc1NCCN. The molecule has 0 unspecified atom stereocenters. The molecule has 2 nitrogen and oxygen atoms in total. The van der Waals surface area contributed by atoms with Crippen molar-refractivity contribution in [3.8, 4) is 11.1 Å². The lowest BCUT2D eigenvalue weighted by molar-refractivity contribution is 1.02. The lowest BCUT2D eigenvalue weighted by Gasteiger charge is -2.10. The van der Waals surface area contributed by atoms with Gasteiger partial charge in [0.1, 0.15) is 0 Å². The molecule has 2 rings (SSSR count). The number of benzene rings is 2. The van der Waals surface area contributed by atoms with Gasteiger partial charge in [-0.05, 0) is 35.7 Å². The van der Waals surface area contributed by atoms with Gasteiger partial charge in [-0.25, -0.2) is 0 Å². The van der Waals surface area contributed by atoms with Gasteiger partial charge in [-0.2, -0.15) is 0 Å². The Balaban J connectivity index is 2.25. The van der Waals surface area contributed by atoms with E-state index >= 15 is 0 Å². The molecule has 0 heterocycles. The first-order chi connectivity index (χ1) is 8.31. The van der Waals surface area contributed by atoms with Crippen molar-refractivity contribution < 1.29 is 0 Å². The summed E-state index contributed by atoms with van der Waals surface area (Å²) in [6.45, 7) is 3.58. The number of nitrogens with one attached hydrogen (secondary N) is 1. The highest BCUT2D eigenvalue weighted by molar-refractivity contribution is 5.68. The average molecular weight is 226 g/mol. The first-order valence-electron chi connectivity index (χ1n) is 5.91.